The van der Waals surface area contributed by atoms with Crippen molar-refractivity contribution in [1.29, 1.82) is 0 Å². The Hall–Kier alpha value is -3.07. The van der Waals surface area contributed by atoms with Crippen molar-refractivity contribution >= 4 is 38.9 Å². The normalized spacial score (nSPS) is 15.5. The lowest BCUT2D eigenvalue weighted by Crippen LogP contribution is -2.42. The first-order chi connectivity index (χ1) is 14.4. The number of amides is 2. The van der Waals surface area contributed by atoms with Crippen LogP contribution in [0.2, 0.25) is 0 Å². The third kappa shape index (κ3) is 4.66. The molecule has 1 aliphatic heterocycles. The summed E-state index contributed by atoms with van der Waals surface area (Å²) in [5.41, 5.74) is 1.16. The van der Waals surface area contributed by atoms with Crippen LogP contribution in [0.1, 0.15) is 33.3 Å². The monoisotopic (exact) mass is 445 g/mol. The number of ether oxygens (including phenoxy) is 1. The molecule has 0 saturated heterocycles. The number of sulfonamides is 1. The van der Waals surface area contributed by atoms with Crippen molar-refractivity contribution < 1.29 is 22.7 Å². The number of nitrogens with zero attached hydrogens (tertiary/aromatic N) is 1. The molecule has 3 rings (SSSR count). The van der Waals surface area contributed by atoms with Gasteiger partial charge in [-0.2, -0.15) is 0 Å². The Kier molecular flexibility index (Phi) is 6.00. The number of fused-ring (bicyclic) bond motifs is 1. The smallest absolute Gasteiger partial charge is 0.262 e. The molecule has 0 aliphatic carbocycles. The molecule has 9 heteroatoms. The van der Waals surface area contributed by atoms with Crippen LogP contribution in [0.25, 0.3) is 0 Å². The number of aryl methyl sites for hydroxylation is 1. The fraction of sp³-hybridized carbons (Fsp3) is 0.364. The zero-order valence-electron chi connectivity index (χ0n) is 18.3. The van der Waals surface area contributed by atoms with Gasteiger partial charge in [0.1, 0.15) is 12.4 Å². The summed E-state index contributed by atoms with van der Waals surface area (Å²) in [7, 11) is -3.89. The number of nitrogens with one attached hydrogen (secondary N) is 2. The fourth-order valence-corrected chi connectivity index (χ4v) is 4.74. The molecule has 0 saturated carbocycles. The zero-order valence-corrected chi connectivity index (χ0v) is 19.1. The number of hydrogen-bond donors (Lipinski definition) is 2. The minimum atomic E-state index is -3.89. The van der Waals surface area contributed by atoms with Crippen molar-refractivity contribution in [3.63, 3.8) is 0 Å². The van der Waals surface area contributed by atoms with Crippen LogP contribution >= 0.6 is 0 Å². The molecule has 0 unspecified atom stereocenters. The second-order valence-corrected chi connectivity index (χ2v) is 9.82. The van der Waals surface area contributed by atoms with Gasteiger partial charge >= 0.3 is 0 Å². The van der Waals surface area contributed by atoms with Crippen molar-refractivity contribution in [3.05, 3.63) is 42.0 Å². The van der Waals surface area contributed by atoms with Gasteiger partial charge in [-0.15, -0.1) is 0 Å². The van der Waals surface area contributed by atoms with E-state index in [1.54, 1.807) is 36.1 Å². The lowest BCUT2D eigenvalue weighted by atomic mass is 9.93. The number of hydrogen-bond acceptors (Lipinski definition) is 5. The van der Waals surface area contributed by atoms with Gasteiger partial charge < -0.3 is 15.0 Å². The van der Waals surface area contributed by atoms with Crippen LogP contribution in [0.5, 0.6) is 5.75 Å². The van der Waals surface area contributed by atoms with Gasteiger partial charge in [0.15, 0.2) is 0 Å². The van der Waals surface area contributed by atoms with Crippen LogP contribution in [0, 0.1) is 12.3 Å². The molecule has 1 aliphatic rings. The Balaban J connectivity index is 1.94. The van der Waals surface area contributed by atoms with Gasteiger partial charge in [-0.3, -0.25) is 14.3 Å². The first-order valence-corrected chi connectivity index (χ1v) is 11.4. The Bertz CT molecular complexity index is 1140. The third-order valence-electron chi connectivity index (χ3n) is 5.02. The van der Waals surface area contributed by atoms with E-state index >= 15 is 0 Å². The number of carbonyl (C=O) groups excluding carboxylic acids is 2. The van der Waals surface area contributed by atoms with Gasteiger partial charge in [0, 0.05) is 19.2 Å². The number of rotatable bonds is 5. The SMILES string of the molecule is CCN1C(=O)C(C)(C)COc2ccc(NS(=O)(=O)c3ccc(NC(C)=O)cc3C)cc21. The zero-order chi connectivity index (χ0) is 23.0. The summed E-state index contributed by atoms with van der Waals surface area (Å²) in [5.74, 6) is 0.205. The summed E-state index contributed by atoms with van der Waals surface area (Å²) in [6.45, 7) is 9.21. The quantitative estimate of drug-likeness (QED) is 0.733. The van der Waals surface area contributed by atoms with Crippen molar-refractivity contribution in [2.24, 2.45) is 5.41 Å². The highest BCUT2D eigenvalue weighted by Gasteiger charge is 2.37. The molecule has 8 nitrogen and oxygen atoms in total. The van der Waals surface area contributed by atoms with E-state index < -0.39 is 15.4 Å². The first-order valence-electron chi connectivity index (χ1n) is 9.94. The van der Waals surface area contributed by atoms with E-state index in [1.807, 2.05) is 20.8 Å². The summed E-state index contributed by atoms with van der Waals surface area (Å²) in [5, 5.41) is 2.63. The highest BCUT2D eigenvalue weighted by atomic mass is 32.2. The maximum Gasteiger partial charge on any atom is 0.262 e. The maximum absolute atomic E-state index is 13.0. The van der Waals surface area contributed by atoms with Gasteiger partial charge in [-0.25, -0.2) is 8.42 Å². The molecule has 0 radical (unpaired) electrons. The molecular formula is C22H27N3O5S. The highest BCUT2D eigenvalue weighted by Crippen LogP contribution is 2.38. The molecule has 0 atom stereocenters. The molecule has 166 valence electrons. The molecule has 2 aromatic rings. The summed E-state index contributed by atoms with van der Waals surface area (Å²) in [6, 6.07) is 9.45. The topological polar surface area (TPSA) is 105 Å². The number of anilines is 3. The van der Waals surface area contributed by atoms with Gasteiger partial charge in [-0.05, 0) is 69.7 Å². The lowest BCUT2D eigenvalue weighted by Gasteiger charge is -2.27. The predicted molar refractivity (Wildman–Crippen MR) is 120 cm³/mol. The molecule has 1 heterocycles. The van der Waals surface area contributed by atoms with Crippen LogP contribution in [0.15, 0.2) is 41.3 Å². The van der Waals surface area contributed by atoms with Gasteiger partial charge in [0.25, 0.3) is 10.0 Å². The first kappa shape index (κ1) is 22.6. The maximum atomic E-state index is 13.0. The second-order valence-electron chi connectivity index (χ2n) is 8.17. The van der Waals surface area contributed by atoms with Crippen molar-refractivity contribution in [1.82, 2.24) is 0 Å². The lowest BCUT2D eigenvalue weighted by molar-refractivity contribution is -0.127. The molecule has 0 bridgehead atoms. The van der Waals surface area contributed by atoms with E-state index in [4.69, 9.17) is 4.74 Å². The molecular weight excluding hydrogens is 418 g/mol. The Morgan fingerprint density at radius 2 is 1.84 bits per heavy atom. The average molecular weight is 446 g/mol. The van der Waals surface area contributed by atoms with Crippen LogP contribution < -0.4 is 19.7 Å². The van der Waals surface area contributed by atoms with Crippen molar-refractivity contribution in [3.8, 4) is 5.75 Å². The third-order valence-corrected chi connectivity index (χ3v) is 6.56. The van der Waals surface area contributed by atoms with E-state index in [0.717, 1.165) is 0 Å². The molecule has 0 aromatic heterocycles. The minimum absolute atomic E-state index is 0.0850. The van der Waals surface area contributed by atoms with E-state index in [9.17, 15) is 18.0 Å². The number of carbonyl (C=O) groups is 2. The van der Waals surface area contributed by atoms with Crippen LogP contribution in [-0.4, -0.2) is 33.4 Å². The molecule has 31 heavy (non-hydrogen) atoms. The summed E-state index contributed by atoms with van der Waals surface area (Å²) < 4.78 is 34.4. The summed E-state index contributed by atoms with van der Waals surface area (Å²) >= 11 is 0. The highest BCUT2D eigenvalue weighted by molar-refractivity contribution is 7.92. The Labute approximate surface area is 182 Å². The van der Waals surface area contributed by atoms with Gasteiger partial charge in [0.2, 0.25) is 11.8 Å². The van der Waals surface area contributed by atoms with E-state index in [0.29, 0.717) is 34.9 Å². The Morgan fingerprint density at radius 3 is 2.45 bits per heavy atom. The number of benzene rings is 2. The minimum Gasteiger partial charge on any atom is -0.490 e. The van der Waals surface area contributed by atoms with Crippen LogP contribution in [0.4, 0.5) is 17.1 Å². The van der Waals surface area contributed by atoms with Crippen LogP contribution in [0.3, 0.4) is 0 Å². The van der Waals surface area contributed by atoms with Crippen LogP contribution in [-0.2, 0) is 19.6 Å². The molecule has 0 fully saturated rings. The molecule has 0 spiro atoms. The standard InChI is InChI=1S/C22H27N3O5S/c1-6-25-18-12-17(7-9-19(18)30-13-22(4,5)21(25)27)24-31(28,29)20-10-8-16(11-14(20)2)23-15(3)26/h7-12,24H,6,13H2,1-5H3,(H,23,26). The second kappa shape index (κ2) is 8.22. The van der Waals surface area contributed by atoms with Crippen molar-refractivity contribution in [2.45, 2.75) is 39.5 Å². The summed E-state index contributed by atoms with van der Waals surface area (Å²) in [4.78, 5) is 25.8. The predicted octanol–water partition coefficient (Wildman–Crippen LogP) is 3.53. The van der Waals surface area contributed by atoms with E-state index in [2.05, 4.69) is 10.0 Å². The van der Waals surface area contributed by atoms with Crippen molar-refractivity contribution in [2.75, 3.05) is 28.1 Å². The molecule has 2 aromatic carbocycles. The van der Waals surface area contributed by atoms with E-state index in [-0.39, 0.29) is 23.3 Å². The largest absolute Gasteiger partial charge is 0.490 e. The Morgan fingerprint density at radius 1 is 1.16 bits per heavy atom. The summed E-state index contributed by atoms with van der Waals surface area (Å²) in [6.07, 6.45) is 0. The van der Waals surface area contributed by atoms with E-state index in [1.165, 1.54) is 19.1 Å². The molecule has 2 amide bonds. The molecule has 2 N–H and O–H groups in total. The van der Waals surface area contributed by atoms with Gasteiger partial charge in [-0.1, -0.05) is 0 Å². The fourth-order valence-electron chi connectivity index (χ4n) is 3.46. The average Bonchev–Trinajstić information content (AvgIpc) is 2.75. The van der Waals surface area contributed by atoms with Gasteiger partial charge in [0.05, 0.1) is 21.7 Å².